The van der Waals surface area contributed by atoms with E-state index >= 15 is 0 Å². The highest BCUT2D eigenvalue weighted by Gasteiger charge is 2.34. The molecule has 0 bridgehead atoms. The van der Waals surface area contributed by atoms with Gasteiger partial charge in [0.2, 0.25) is 23.6 Å². The zero-order valence-electron chi connectivity index (χ0n) is 13.7. The third kappa shape index (κ3) is 5.18. The summed E-state index contributed by atoms with van der Waals surface area (Å²) in [6.07, 6.45) is -0.165. The van der Waals surface area contributed by atoms with E-state index in [0.29, 0.717) is 24.5 Å². The Bertz CT molecular complexity index is 677. The number of hydrogen-bond donors (Lipinski definition) is 3. The van der Waals surface area contributed by atoms with Crippen LogP contribution in [0.4, 0.5) is 11.4 Å². The SMILES string of the molecule is CC(=O)Nc1ccc(NC(=O)CC2C(=O)NCCN2C(=O)CCl)cc1. The van der Waals surface area contributed by atoms with Crippen molar-refractivity contribution in [2.24, 2.45) is 0 Å². The molecule has 0 radical (unpaired) electrons. The summed E-state index contributed by atoms with van der Waals surface area (Å²) >= 11 is 5.56. The average Bonchev–Trinajstić information content (AvgIpc) is 2.57. The molecule has 9 heteroatoms. The van der Waals surface area contributed by atoms with E-state index in [1.54, 1.807) is 24.3 Å². The van der Waals surface area contributed by atoms with Gasteiger partial charge in [0, 0.05) is 31.4 Å². The van der Waals surface area contributed by atoms with Gasteiger partial charge in [0.25, 0.3) is 0 Å². The highest BCUT2D eigenvalue weighted by Crippen LogP contribution is 2.15. The Morgan fingerprint density at radius 1 is 1.20 bits per heavy atom. The number of anilines is 2. The van der Waals surface area contributed by atoms with Gasteiger partial charge in [-0.2, -0.15) is 0 Å². The zero-order valence-corrected chi connectivity index (χ0v) is 14.4. The van der Waals surface area contributed by atoms with Crippen molar-refractivity contribution in [3.8, 4) is 0 Å². The number of carbonyl (C=O) groups is 4. The molecule has 3 N–H and O–H groups in total. The number of rotatable bonds is 5. The Labute approximate surface area is 149 Å². The highest BCUT2D eigenvalue weighted by atomic mass is 35.5. The monoisotopic (exact) mass is 366 g/mol. The van der Waals surface area contributed by atoms with Crippen molar-refractivity contribution >= 4 is 46.6 Å². The number of benzene rings is 1. The maximum atomic E-state index is 12.2. The highest BCUT2D eigenvalue weighted by molar-refractivity contribution is 6.27. The van der Waals surface area contributed by atoms with Gasteiger partial charge in [0.05, 0.1) is 6.42 Å². The standard InChI is InChI=1S/C16H19ClN4O4/c1-10(22)19-11-2-4-12(5-3-11)20-14(23)8-13-16(25)18-6-7-21(13)15(24)9-17/h2-5,13H,6-9H2,1H3,(H,18,25)(H,19,22)(H,20,23). The second-order valence-electron chi connectivity index (χ2n) is 5.54. The van der Waals surface area contributed by atoms with Gasteiger partial charge < -0.3 is 20.9 Å². The summed E-state index contributed by atoms with van der Waals surface area (Å²) in [4.78, 5) is 48.3. The molecular weight excluding hydrogens is 348 g/mol. The lowest BCUT2D eigenvalue weighted by atomic mass is 10.1. The van der Waals surface area contributed by atoms with E-state index in [-0.39, 0.29) is 30.0 Å². The van der Waals surface area contributed by atoms with Crippen molar-refractivity contribution in [1.82, 2.24) is 10.2 Å². The number of halogens is 1. The van der Waals surface area contributed by atoms with E-state index in [1.807, 2.05) is 0 Å². The normalized spacial score (nSPS) is 16.8. The van der Waals surface area contributed by atoms with Crippen molar-refractivity contribution in [2.45, 2.75) is 19.4 Å². The third-order valence-corrected chi connectivity index (χ3v) is 3.86. The average molecular weight is 367 g/mol. The van der Waals surface area contributed by atoms with Gasteiger partial charge in [-0.1, -0.05) is 0 Å². The van der Waals surface area contributed by atoms with E-state index in [2.05, 4.69) is 16.0 Å². The number of alkyl halides is 1. The second-order valence-corrected chi connectivity index (χ2v) is 5.81. The van der Waals surface area contributed by atoms with Crippen molar-refractivity contribution in [2.75, 3.05) is 29.6 Å². The van der Waals surface area contributed by atoms with Crippen molar-refractivity contribution < 1.29 is 19.2 Å². The van der Waals surface area contributed by atoms with Crippen molar-refractivity contribution in [1.29, 1.82) is 0 Å². The summed E-state index contributed by atoms with van der Waals surface area (Å²) < 4.78 is 0. The summed E-state index contributed by atoms with van der Waals surface area (Å²) in [5, 5.41) is 7.93. The molecular formula is C16H19ClN4O4. The molecule has 1 saturated heterocycles. The van der Waals surface area contributed by atoms with Crippen LogP contribution in [0.3, 0.4) is 0 Å². The van der Waals surface area contributed by atoms with Gasteiger partial charge >= 0.3 is 0 Å². The van der Waals surface area contributed by atoms with E-state index in [9.17, 15) is 19.2 Å². The molecule has 1 atom stereocenters. The lowest BCUT2D eigenvalue weighted by Crippen LogP contribution is -2.58. The van der Waals surface area contributed by atoms with Gasteiger partial charge in [0.1, 0.15) is 11.9 Å². The van der Waals surface area contributed by atoms with Crippen molar-refractivity contribution in [3.05, 3.63) is 24.3 Å². The molecule has 0 saturated carbocycles. The van der Waals surface area contributed by atoms with Gasteiger partial charge in [-0.05, 0) is 24.3 Å². The van der Waals surface area contributed by atoms with E-state index in [4.69, 9.17) is 11.6 Å². The minimum atomic E-state index is -0.876. The Morgan fingerprint density at radius 3 is 2.36 bits per heavy atom. The van der Waals surface area contributed by atoms with E-state index in [1.165, 1.54) is 11.8 Å². The molecule has 1 aromatic rings. The predicted molar refractivity (Wildman–Crippen MR) is 93.2 cm³/mol. The van der Waals surface area contributed by atoms with Crippen LogP contribution in [0, 0.1) is 0 Å². The summed E-state index contributed by atoms with van der Waals surface area (Å²) in [5.41, 5.74) is 1.13. The Kier molecular flexibility index (Phi) is 6.35. The molecule has 0 aliphatic carbocycles. The first-order valence-corrected chi connectivity index (χ1v) is 8.25. The van der Waals surface area contributed by atoms with Crippen LogP contribution < -0.4 is 16.0 Å². The summed E-state index contributed by atoms with van der Waals surface area (Å²) in [6, 6.07) is 5.68. The van der Waals surface area contributed by atoms with Crippen LogP contribution >= 0.6 is 11.6 Å². The molecule has 4 amide bonds. The zero-order chi connectivity index (χ0) is 18.4. The van der Waals surface area contributed by atoms with Crippen molar-refractivity contribution in [3.63, 3.8) is 0 Å². The third-order valence-electron chi connectivity index (χ3n) is 3.63. The lowest BCUT2D eigenvalue weighted by molar-refractivity contribution is -0.143. The number of nitrogens with one attached hydrogen (secondary N) is 3. The Morgan fingerprint density at radius 2 is 1.80 bits per heavy atom. The number of amides is 4. The van der Waals surface area contributed by atoms with Crippen LogP contribution in [0.25, 0.3) is 0 Å². The number of hydrogen-bond acceptors (Lipinski definition) is 4. The predicted octanol–water partition coefficient (Wildman–Crippen LogP) is 0.539. The fourth-order valence-electron chi connectivity index (χ4n) is 2.52. The number of nitrogens with zero attached hydrogens (tertiary/aromatic N) is 1. The Balaban J connectivity index is 1.99. The fraction of sp³-hybridized carbons (Fsp3) is 0.375. The molecule has 1 unspecified atom stereocenters. The molecule has 134 valence electrons. The van der Waals surface area contributed by atoms with Crippen LogP contribution in [-0.4, -0.2) is 53.5 Å². The smallest absolute Gasteiger partial charge is 0.243 e. The van der Waals surface area contributed by atoms with Gasteiger partial charge in [-0.15, -0.1) is 11.6 Å². The fourth-order valence-corrected chi connectivity index (χ4v) is 2.67. The molecule has 2 rings (SSSR count). The van der Waals surface area contributed by atoms with Gasteiger partial charge in [0.15, 0.2) is 0 Å². The molecule has 1 aliphatic rings. The molecule has 1 aliphatic heterocycles. The summed E-state index contributed by atoms with van der Waals surface area (Å²) in [6.45, 7) is 2.06. The minimum absolute atomic E-state index is 0.165. The topological polar surface area (TPSA) is 108 Å². The summed E-state index contributed by atoms with van der Waals surface area (Å²) in [7, 11) is 0. The maximum Gasteiger partial charge on any atom is 0.243 e. The molecule has 1 aromatic carbocycles. The lowest BCUT2D eigenvalue weighted by Gasteiger charge is -2.34. The molecule has 1 heterocycles. The van der Waals surface area contributed by atoms with Crippen LogP contribution in [0.1, 0.15) is 13.3 Å². The molecule has 8 nitrogen and oxygen atoms in total. The molecule has 25 heavy (non-hydrogen) atoms. The van der Waals surface area contributed by atoms with Crippen LogP contribution in [-0.2, 0) is 19.2 Å². The van der Waals surface area contributed by atoms with Crippen LogP contribution in [0.5, 0.6) is 0 Å². The van der Waals surface area contributed by atoms with Crippen LogP contribution in [0.2, 0.25) is 0 Å². The minimum Gasteiger partial charge on any atom is -0.353 e. The maximum absolute atomic E-state index is 12.2. The van der Waals surface area contributed by atoms with Crippen LogP contribution in [0.15, 0.2) is 24.3 Å². The van der Waals surface area contributed by atoms with E-state index < -0.39 is 11.9 Å². The first-order chi connectivity index (χ1) is 11.9. The first-order valence-electron chi connectivity index (χ1n) is 7.71. The van der Waals surface area contributed by atoms with Gasteiger partial charge in [-0.25, -0.2) is 0 Å². The largest absolute Gasteiger partial charge is 0.353 e. The summed E-state index contributed by atoms with van der Waals surface area (Å²) in [5.74, 6) is -1.59. The van der Waals surface area contributed by atoms with E-state index in [0.717, 1.165) is 0 Å². The quantitative estimate of drug-likeness (QED) is 0.661. The number of piperazine rings is 1. The number of carbonyl (C=O) groups excluding carboxylic acids is 4. The van der Waals surface area contributed by atoms with Gasteiger partial charge in [-0.3, -0.25) is 19.2 Å². The Hall–Kier alpha value is -2.61. The molecule has 0 aromatic heterocycles. The second kappa shape index (κ2) is 8.48. The molecule has 1 fully saturated rings. The first kappa shape index (κ1) is 18.7. The molecule has 0 spiro atoms.